The van der Waals surface area contributed by atoms with E-state index < -0.39 is 37.7 Å². The fourth-order valence-corrected chi connectivity index (χ4v) is 3.28. The van der Waals surface area contributed by atoms with Crippen molar-refractivity contribution in [3.8, 4) is 5.75 Å². The lowest BCUT2D eigenvalue weighted by molar-refractivity contribution is -0.147. The molecule has 0 bridgehead atoms. The SMILES string of the molecule is CS(=O)(=O)c1c(O)ccc(C2(C(=O)O)CCC2)c1F. The molecule has 7 heteroatoms. The molecule has 0 aliphatic heterocycles. The first-order chi connectivity index (χ1) is 8.70. The van der Waals surface area contributed by atoms with Gasteiger partial charge in [0.15, 0.2) is 9.84 Å². The standard InChI is InChI=1S/C12H13FO5S/c1-19(17,18)10-8(14)4-3-7(9(10)13)12(11(15)16)5-2-6-12/h3-4,14H,2,5-6H2,1H3,(H,15,16). The third kappa shape index (κ3) is 1.98. The molecule has 1 saturated carbocycles. The zero-order valence-electron chi connectivity index (χ0n) is 10.2. The first-order valence-electron chi connectivity index (χ1n) is 5.65. The van der Waals surface area contributed by atoms with Crippen LogP contribution in [0.1, 0.15) is 24.8 Å². The normalized spacial score (nSPS) is 17.8. The summed E-state index contributed by atoms with van der Waals surface area (Å²) in [5.74, 6) is -3.05. The van der Waals surface area contributed by atoms with E-state index in [2.05, 4.69) is 0 Å². The van der Waals surface area contributed by atoms with Gasteiger partial charge in [-0.3, -0.25) is 4.79 Å². The Bertz CT molecular complexity index is 646. The van der Waals surface area contributed by atoms with Crippen LogP contribution in [0.3, 0.4) is 0 Å². The summed E-state index contributed by atoms with van der Waals surface area (Å²) in [7, 11) is -3.97. The summed E-state index contributed by atoms with van der Waals surface area (Å²) in [5.41, 5.74) is -1.55. The summed E-state index contributed by atoms with van der Waals surface area (Å²) in [6.07, 6.45) is 1.92. The second-order valence-corrected chi connectivity index (χ2v) is 6.74. The molecule has 19 heavy (non-hydrogen) atoms. The van der Waals surface area contributed by atoms with E-state index in [4.69, 9.17) is 0 Å². The molecule has 2 N–H and O–H groups in total. The number of rotatable bonds is 3. The Balaban J connectivity index is 2.71. The summed E-state index contributed by atoms with van der Waals surface area (Å²) in [5, 5.41) is 18.7. The van der Waals surface area contributed by atoms with Crippen molar-refractivity contribution in [2.75, 3.05) is 6.26 Å². The van der Waals surface area contributed by atoms with Crippen molar-refractivity contribution in [2.45, 2.75) is 29.6 Å². The summed E-state index contributed by atoms with van der Waals surface area (Å²) < 4.78 is 37.3. The number of carbonyl (C=O) groups is 1. The predicted molar refractivity (Wildman–Crippen MR) is 64.3 cm³/mol. The topological polar surface area (TPSA) is 91.7 Å². The summed E-state index contributed by atoms with van der Waals surface area (Å²) >= 11 is 0. The molecule has 5 nitrogen and oxygen atoms in total. The van der Waals surface area contributed by atoms with Gasteiger partial charge in [-0.15, -0.1) is 0 Å². The van der Waals surface area contributed by atoms with Crippen molar-refractivity contribution < 1.29 is 27.8 Å². The molecule has 0 spiro atoms. The molecule has 0 atom stereocenters. The lowest BCUT2D eigenvalue weighted by Gasteiger charge is -2.38. The molecule has 0 radical (unpaired) electrons. The van der Waals surface area contributed by atoms with Gasteiger partial charge in [0.1, 0.15) is 16.5 Å². The molecule has 0 saturated heterocycles. The summed E-state index contributed by atoms with van der Waals surface area (Å²) in [4.78, 5) is 10.5. The number of aromatic hydroxyl groups is 1. The highest BCUT2D eigenvalue weighted by Gasteiger charge is 2.48. The minimum absolute atomic E-state index is 0.176. The third-order valence-electron chi connectivity index (χ3n) is 3.58. The van der Waals surface area contributed by atoms with E-state index >= 15 is 0 Å². The van der Waals surface area contributed by atoms with E-state index in [1.165, 1.54) is 0 Å². The highest BCUT2D eigenvalue weighted by atomic mass is 32.2. The van der Waals surface area contributed by atoms with Gasteiger partial charge in [0.05, 0.1) is 5.41 Å². The second-order valence-electron chi connectivity index (χ2n) is 4.79. The van der Waals surface area contributed by atoms with Crippen LogP contribution in [-0.4, -0.2) is 30.9 Å². The molecular weight excluding hydrogens is 275 g/mol. The van der Waals surface area contributed by atoms with Gasteiger partial charge in [-0.25, -0.2) is 12.8 Å². The van der Waals surface area contributed by atoms with E-state index in [0.29, 0.717) is 6.42 Å². The smallest absolute Gasteiger partial charge is 0.314 e. The number of benzene rings is 1. The zero-order valence-corrected chi connectivity index (χ0v) is 11.0. The molecule has 0 heterocycles. The number of carboxylic acid groups (broad SMARTS) is 1. The van der Waals surface area contributed by atoms with E-state index in [1.54, 1.807) is 0 Å². The van der Waals surface area contributed by atoms with Crippen LogP contribution in [0.4, 0.5) is 4.39 Å². The van der Waals surface area contributed by atoms with Gasteiger partial charge in [-0.05, 0) is 18.9 Å². The van der Waals surface area contributed by atoms with Gasteiger partial charge in [0.25, 0.3) is 0 Å². The van der Waals surface area contributed by atoms with Crippen LogP contribution >= 0.6 is 0 Å². The number of hydrogen-bond donors (Lipinski definition) is 2. The Morgan fingerprint density at radius 2 is 1.95 bits per heavy atom. The monoisotopic (exact) mass is 288 g/mol. The molecule has 1 aliphatic rings. The molecule has 1 aliphatic carbocycles. The van der Waals surface area contributed by atoms with Crippen molar-refractivity contribution in [1.82, 2.24) is 0 Å². The van der Waals surface area contributed by atoms with Crippen LogP contribution in [-0.2, 0) is 20.0 Å². The molecule has 1 aromatic carbocycles. The number of halogens is 1. The van der Waals surface area contributed by atoms with Gasteiger partial charge in [-0.1, -0.05) is 12.5 Å². The molecule has 0 amide bonds. The molecule has 0 aromatic heterocycles. The highest BCUT2D eigenvalue weighted by molar-refractivity contribution is 7.90. The van der Waals surface area contributed by atoms with E-state index in [-0.39, 0.29) is 18.4 Å². The zero-order chi connectivity index (χ0) is 14.4. The van der Waals surface area contributed by atoms with Crippen molar-refractivity contribution >= 4 is 15.8 Å². The Hall–Kier alpha value is -1.63. The number of phenols is 1. The van der Waals surface area contributed by atoms with Gasteiger partial charge >= 0.3 is 5.97 Å². The fourth-order valence-electron chi connectivity index (χ4n) is 2.40. The first-order valence-corrected chi connectivity index (χ1v) is 7.55. The van der Waals surface area contributed by atoms with Crippen LogP contribution in [0.2, 0.25) is 0 Å². The van der Waals surface area contributed by atoms with Crippen molar-refractivity contribution in [1.29, 1.82) is 0 Å². The number of hydrogen-bond acceptors (Lipinski definition) is 4. The number of aliphatic carboxylic acids is 1. The van der Waals surface area contributed by atoms with Crippen LogP contribution in [0.25, 0.3) is 0 Å². The Labute approximate surface area is 109 Å². The van der Waals surface area contributed by atoms with Crippen molar-refractivity contribution in [2.24, 2.45) is 0 Å². The fraction of sp³-hybridized carbons (Fsp3) is 0.417. The average molecular weight is 288 g/mol. The quantitative estimate of drug-likeness (QED) is 0.878. The van der Waals surface area contributed by atoms with E-state index in [1.807, 2.05) is 0 Å². The van der Waals surface area contributed by atoms with Crippen molar-refractivity contribution in [3.63, 3.8) is 0 Å². The van der Waals surface area contributed by atoms with E-state index in [0.717, 1.165) is 18.4 Å². The summed E-state index contributed by atoms with van der Waals surface area (Å²) in [6, 6.07) is 2.17. The largest absolute Gasteiger partial charge is 0.506 e. The average Bonchev–Trinajstić information content (AvgIpc) is 2.16. The lowest BCUT2D eigenvalue weighted by atomic mass is 9.64. The maximum absolute atomic E-state index is 14.3. The molecular formula is C12H13FO5S. The first kappa shape index (κ1) is 13.8. The Morgan fingerprint density at radius 3 is 2.32 bits per heavy atom. The van der Waals surface area contributed by atoms with Crippen molar-refractivity contribution in [3.05, 3.63) is 23.5 Å². The Kier molecular flexibility index (Phi) is 3.04. The highest BCUT2D eigenvalue weighted by Crippen LogP contribution is 2.46. The second kappa shape index (κ2) is 4.19. The van der Waals surface area contributed by atoms with Gasteiger partial charge in [0, 0.05) is 11.8 Å². The van der Waals surface area contributed by atoms with Gasteiger partial charge in [-0.2, -0.15) is 0 Å². The molecule has 0 unspecified atom stereocenters. The number of phenolic OH excluding ortho intramolecular Hbond substituents is 1. The van der Waals surface area contributed by atoms with Crippen LogP contribution < -0.4 is 0 Å². The summed E-state index contributed by atoms with van der Waals surface area (Å²) in [6.45, 7) is 0. The van der Waals surface area contributed by atoms with Crippen LogP contribution in [0.5, 0.6) is 5.75 Å². The molecule has 1 aromatic rings. The van der Waals surface area contributed by atoms with E-state index in [9.17, 15) is 27.8 Å². The Morgan fingerprint density at radius 1 is 1.37 bits per heavy atom. The van der Waals surface area contributed by atoms with Gasteiger partial charge < -0.3 is 10.2 Å². The maximum atomic E-state index is 14.3. The van der Waals surface area contributed by atoms with Gasteiger partial charge in [0.2, 0.25) is 0 Å². The number of carboxylic acids is 1. The molecule has 1 fully saturated rings. The molecule has 2 rings (SSSR count). The number of sulfone groups is 1. The molecule has 104 valence electrons. The van der Waals surface area contributed by atoms with Crippen LogP contribution in [0, 0.1) is 5.82 Å². The maximum Gasteiger partial charge on any atom is 0.314 e. The predicted octanol–water partition coefficient (Wildman–Crippen LogP) is 1.44. The van der Waals surface area contributed by atoms with Crippen LogP contribution in [0.15, 0.2) is 17.0 Å². The minimum atomic E-state index is -3.97. The lowest BCUT2D eigenvalue weighted by Crippen LogP contribution is -2.43. The third-order valence-corrected chi connectivity index (χ3v) is 4.71. The minimum Gasteiger partial charge on any atom is -0.506 e.